The molecule has 1 atom stereocenters. The highest BCUT2D eigenvalue weighted by atomic mass is 35.5. The summed E-state index contributed by atoms with van der Waals surface area (Å²) in [5.41, 5.74) is 3.07. The maximum atomic E-state index is 10.2. The minimum absolute atomic E-state index is 0.415. The first-order valence-electron chi connectivity index (χ1n) is 8.24. The Kier molecular flexibility index (Phi) is 4.65. The molecule has 4 rings (SSSR count). The number of nitrogens with zero attached hydrogens (tertiary/aromatic N) is 4. The third-order valence-electron chi connectivity index (χ3n) is 4.35. The van der Waals surface area contributed by atoms with Crippen LogP contribution in [0.25, 0.3) is 21.8 Å². The Morgan fingerprint density at radius 2 is 2.00 bits per heavy atom. The van der Waals surface area contributed by atoms with Crippen molar-refractivity contribution < 1.29 is 14.6 Å². The lowest BCUT2D eigenvalue weighted by atomic mass is 10.1. The molecule has 0 aliphatic heterocycles. The molecule has 1 aromatic carbocycles. The van der Waals surface area contributed by atoms with Crippen molar-refractivity contribution in [2.75, 3.05) is 14.2 Å². The van der Waals surface area contributed by atoms with E-state index >= 15 is 0 Å². The Morgan fingerprint density at radius 1 is 1.15 bits per heavy atom. The smallest absolute Gasteiger partial charge is 0.213 e. The molecule has 0 radical (unpaired) electrons. The van der Waals surface area contributed by atoms with E-state index in [1.165, 1.54) is 7.11 Å². The molecule has 4 aromatic rings. The van der Waals surface area contributed by atoms with E-state index in [-0.39, 0.29) is 0 Å². The highest BCUT2D eigenvalue weighted by Gasteiger charge is 2.19. The maximum Gasteiger partial charge on any atom is 0.213 e. The van der Waals surface area contributed by atoms with Crippen LogP contribution in [-0.4, -0.2) is 39.1 Å². The lowest BCUT2D eigenvalue weighted by molar-refractivity contribution is -0.0792. The lowest BCUT2D eigenvalue weighted by Crippen LogP contribution is -2.05. The Balaban J connectivity index is 1.79. The number of halogens is 1. The summed E-state index contributed by atoms with van der Waals surface area (Å²) < 4.78 is 12.0. The van der Waals surface area contributed by atoms with Crippen LogP contribution in [0.3, 0.4) is 0 Å². The Morgan fingerprint density at radius 3 is 2.78 bits per heavy atom. The molecule has 0 saturated carbocycles. The zero-order valence-corrected chi connectivity index (χ0v) is 15.5. The first kappa shape index (κ1) is 17.7. The highest BCUT2D eigenvalue weighted by Crippen LogP contribution is 2.27. The molecular formula is C19H17ClN4O3. The van der Waals surface area contributed by atoms with E-state index in [9.17, 15) is 5.11 Å². The van der Waals surface area contributed by atoms with Crippen LogP contribution in [-0.2, 0) is 11.3 Å². The number of fused-ring (bicyclic) bond motifs is 2. The van der Waals surface area contributed by atoms with Crippen LogP contribution < -0.4 is 4.74 Å². The van der Waals surface area contributed by atoms with Gasteiger partial charge in [-0.1, -0.05) is 17.7 Å². The van der Waals surface area contributed by atoms with E-state index in [1.54, 1.807) is 30.3 Å². The van der Waals surface area contributed by atoms with Gasteiger partial charge in [0.15, 0.2) is 0 Å². The average Bonchev–Trinajstić information content (AvgIpc) is 3.04. The molecule has 138 valence electrons. The minimum Gasteiger partial charge on any atom is -0.481 e. The van der Waals surface area contributed by atoms with E-state index in [0.717, 1.165) is 27.4 Å². The molecule has 0 aliphatic rings. The summed E-state index contributed by atoms with van der Waals surface area (Å²) >= 11 is 6.05. The molecule has 3 aromatic heterocycles. The predicted molar refractivity (Wildman–Crippen MR) is 102 cm³/mol. The molecular weight excluding hydrogens is 368 g/mol. The van der Waals surface area contributed by atoms with Crippen LogP contribution in [0.2, 0.25) is 5.02 Å². The summed E-state index contributed by atoms with van der Waals surface area (Å²) in [5.74, 6) is 0.443. The number of rotatable bonds is 5. The van der Waals surface area contributed by atoms with E-state index in [0.29, 0.717) is 23.1 Å². The second-order valence-corrected chi connectivity index (χ2v) is 6.49. The molecule has 1 N–H and O–H groups in total. The molecule has 0 spiro atoms. The summed E-state index contributed by atoms with van der Waals surface area (Å²) in [6.07, 6.45) is 2.16. The number of aliphatic hydroxyl groups excluding tert-OH is 1. The van der Waals surface area contributed by atoms with Crippen molar-refractivity contribution in [2.45, 2.75) is 12.8 Å². The van der Waals surface area contributed by atoms with Gasteiger partial charge < -0.3 is 14.6 Å². The lowest BCUT2D eigenvalue weighted by Gasteiger charge is -2.06. The van der Waals surface area contributed by atoms with Gasteiger partial charge in [-0.3, -0.25) is 9.67 Å². The number of aromatic nitrogens is 4. The van der Waals surface area contributed by atoms with Gasteiger partial charge in [0.2, 0.25) is 12.2 Å². The average molecular weight is 385 g/mol. The quantitative estimate of drug-likeness (QED) is 0.531. The standard InChI is InChI=1S/C19H17ClN4O3/c1-26-17-7-14-16(9-22-17)24(23-18(14)19(25)27-2)10-11-3-4-15-12(5-11)6-13(20)8-21-15/h3-9,19,25H,10H2,1-2H3. The summed E-state index contributed by atoms with van der Waals surface area (Å²) in [5, 5.41) is 17.0. The Labute approximate surface area is 160 Å². The first-order valence-corrected chi connectivity index (χ1v) is 8.62. The maximum absolute atomic E-state index is 10.2. The van der Waals surface area contributed by atoms with Gasteiger partial charge in [-0.2, -0.15) is 5.10 Å². The molecule has 0 amide bonds. The van der Waals surface area contributed by atoms with E-state index in [1.807, 2.05) is 24.3 Å². The summed E-state index contributed by atoms with van der Waals surface area (Å²) in [6, 6.07) is 9.56. The molecule has 0 bridgehead atoms. The Hall–Kier alpha value is -2.74. The number of benzene rings is 1. The monoisotopic (exact) mass is 384 g/mol. The van der Waals surface area contributed by atoms with Crippen LogP contribution in [0.4, 0.5) is 0 Å². The number of ether oxygens (including phenoxy) is 2. The molecule has 0 fully saturated rings. The van der Waals surface area contributed by atoms with Gasteiger partial charge in [0.05, 0.1) is 35.9 Å². The van der Waals surface area contributed by atoms with Gasteiger partial charge in [0.1, 0.15) is 5.69 Å². The fourth-order valence-electron chi connectivity index (χ4n) is 3.03. The second kappa shape index (κ2) is 7.11. The normalized spacial score (nSPS) is 12.6. The van der Waals surface area contributed by atoms with Crippen LogP contribution in [0.1, 0.15) is 17.5 Å². The van der Waals surface area contributed by atoms with Crippen LogP contribution in [0.15, 0.2) is 42.7 Å². The zero-order valence-electron chi connectivity index (χ0n) is 14.8. The van der Waals surface area contributed by atoms with Gasteiger partial charge in [-0.25, -0.2) is 4.98 Å². The molecule has 0 aliphatic carbocycles. The van der Waals surface area contributed by atoms with Gasteiger partial charge in [0.25, 0.3) is 0 Å². The summed E-state index contributed by atoms with van der Waals surface area (Å²) in [7, 11) is 2.97. The summed E-state index contributed by atoms with van der Waals surface area (Å²) in [4.78, 5) is 8.56. The van der Waals surface area contributed by atoms with Crippen LogP contribution in [0.5, 0.6) is 5.88 Å². The second-order valence-electron chi connectivity index (χ2n) is 6.06. The number of aliphatic hydroxyl groups is 1. The van der Waals surface area contributed by atoms with Gasteiger partial charge in [-0.05, 0) is 23.8 Å². The van der Waals surface area contributed by atoms with Crippen LogP contribution in [0, 0.1) is 0 Å². The van der Waals surface area contributed by atoms with E-state index < -0.39 is 6.29 Å². The largest absolute Gasteiger partial charge is 0.481 e. The molecule has 1 unspecified atom stereocenters. The van der Waals surface area contributed by atoms with E-state index in [2.05, 4.69) is 15.1 Å². The van der Waals surface area contributed by atoms with Crippen molar-refractivity contribution in [1.29, 1.82) is 0 Å². The molecule has 3 heterocycles. The number of hydrogen-bond acceptors (Lipinski definition) is 6. The molecule has 0 saturated heterocycles. The van der Waals surface area contributed by atoms with Crippen molar-refractivity contribution in [3.05, 3.63) is 59.0 Å². The zero-order chi connectivity index (χ0) is 19.0. The number of pyridine rings is 2. The third-order valence-corrected chi connectivity index (χ3v) is 4.56. The van der Waals surface area contributed by atoms with Crippen molar-refractivity contribution >= 4 is 33.4 Å². The van der Waals surface area contributed by atoms with Crippen molar-refractivity contribution in [2.24, 2.45) is 0 Å². The third kappa shape index (κ3) is 3.32. The Bertz CT molecular complexity index is 1130. The van der Waals surface area contributed by atoms with Gasteiger partial charge >= 0.3 is 0 Å². The number of methoxy groups -OCH3 is 2. The topological polar surface area (TPSA) is 82.3 Å². The van der Waals surface area contributed by atoms with Crippen LogP contribution >= 0.6 is 11.6 Å². The SMILES string of the molecule is COc1cc2c(C(O)OC)nn(Cc3ccc4ncc(Cl)cc4c3)c2cn1. The predicted octanol–water partition coefficient (Wildman–Crippen LogP) is 3.33. The van der Waals surface area contributed by atoms with Gasteiger partial charge in [-0.15, -0.1) is 0 Å². The highest BCUT2D eigenvalue weighted by molar-refractivity contribution is 6.31. The number of hydrogen-bond donors (Lipinski definition) is 1. The first-order chi connectivity index (χ1) is 13.1. The minimum atomic E-state index is -1.14. The fourth-order valence-corrected chi connectivity index (χ4v) is 3.20. The fraction of sp³-hybridized carbons (Fsp3) is 0.211. The van der Waals surface area contributed by atoms with Gasteiger partial charge in [0, 0.05) is 30.1 Å². The molecule has 7 nitrogen and oxygen atoms in total. The molecule has 27 heavy (non-hydrogen) atoms. The van der Waals surface area contributed by atoms with Crippen molar-refractivity contribution in [3.8, 4) is 5.88 Å². The molecule has 8 heteroatoms. The van der Waals surface area contributed by atoms with Crippen molar-refractivity contribution in [3.63, 3.8) is 0 Å². The summed E-state index contributed by atoms with van der Waals surface area (Å²) in [6.45, 7) is 0.489. The van der Waals surface area contributed by atoms with Crippen molar-refractivity contribution in [1.82, 2.24) is 19.7 Å². The van der Waals surface area contributed by atoms with E-state index in [4.69, 9.17) is 21.1 Å².